The van der Waals surface area contributed by atoms with Gasteiger partial charge >= 0.3 is 0 Å². The number of carbonyl (C=O) groups excluding carboxylic acids is 1. The van der Waals surface area contributed by atoms with E-state index in [2.05, 4.69) is 15.4 Å². The van der Waals surface area contributed by atoms with Gasteiger partial charge < -0.3 is 5.32 Å². The number of aryl methyl sites for hydroxylation is 1. The highest BCUT2D eigenvalue weighted by Crippen LogP contribution is 2.21. The summed E-state index contributed by atoms with van der Waals surface area (Å²) in [5.74, 6) is -0.310. The Hall–Kier alpha value is -4.08. The summed E-state index contributed by atoms with van der Waals surface area (Å²) in [7, 11) is -1.87. The van der Waals surface area contributed by atoms with E-state index in [9.17, 15) is 13.2 Å². The Labute approximate surface area is 204 Å². The largest absolute Gasteiger partial charge is 0.321 e. The fourth-order valence-corrected chi connectivity index (χ4v) is 4.05. The minimum Gasteiger partial charge on any atom is -0.321 e. The number of amides is 1. The van der Waals surface area contributed by atoms with Gasteiger partial charge in [-0.05, 0) is 41.8 Å². The summed E-state index contributed by atoms with van der Waals surface area (Å²) in [4.78, 5) is 17.8. The van der Waals surface area contributed by atoms with Crippen LogP contribution in [0.1, 0.15) is 11.1 Å². The third-order valence-corrected chi connectivity index (χ3v) is 6.29. The number of aromatic nitrogens is 2. The summed E-state index contributed by atoms with van der Waals surface area (Å²) in [5.41, 5.74) is 4.57. The van der Waals surface area contributed by atoms with Crippen molar-refractivity contribution < 1.29 is 13.2 Å². The second-order valence-electron chi connectivity index (χ2n) is 7.97. The summed E-state index contributed by atoms with van der Waals surface area (Å²) in [5, 5.41) is 12.3. The van der Waals surface area contributed by atoms with Crippen LogP contribution in [0.5, 0.6) is 0 Å². The van der Waals surface area contributed by atoms with Crippen LogP contribution in [0.15, 0.2) is 101 Å². The molecule has 1 aromatic heterocycles. The normalized spacial score (nSPS) is 11.9. The number of hydrogen-bond donors (Lipinski definition) is 2. The number of benzene rings is 3. The molecule has 0 saturated heterocycles. The van der Waals surface area contributed by atoms with Crippen molar-refractivity contribution in [1.82, 2.24) is 9.78 Å². The summed E-state index contributed by atoms with van der Waals surface area (Å²) < 4.78 is 24.6. The smallest absolute Gasteiger partial charge is 0.274 e. The fraction of sp³-hybridized carbons (Fsp3) is 0.115. The molecule has 4 rings (SSSR count). The molecule has 0 spiro atoms. The predicted octanol–water partition coefficient (Wildman–Crippen LogP) is 3.41. The topological polar surface area (TPSA) is 119 Å². The molecule has 0 aliphatic rings. The predicted molar refractivity (Wildman–Crippen MR) is 137 cm³/mol. The van der Waals surface area contributed by atoms with Gasteiger partial charge in [-0.15, -0.1) is 0 Å². The lowest BCUT2D eigenvalue weighted by atomic mass is 10.1. The molecule has 0 bridgehead atoms. The third kappa shape index (κ3) is 6.28. The van der Waals surface area contributed by atoms with Crippen LogP contribution in [0, 0.1) is 0 Å². The van der Waals surface area contributed by atoms with E-state index in [1.54, 1.807) is 23.0 Å². The molecule has 4 aromatic rings. The van der Waals surface area contributed by atoms with Gasteiger partial charge in [-0.1, -0.05) is 54.6 Å². The van der Waals surface area contributed by atoms with Gasteiger partial charge in [0.1, 0.15) is 5.71 Å². The highest BCUT2D eigenvalue weighted by molar-refractivity contribution is 7.89. The number of hydrogen-bond acceptors (Lipinski definition) is 5. The average molecular weight is 488 g/mol. The number of anilines is 1. The average Bonchev–Trinajstić information content (AvgIpc) is 3.29. The third-order valence-electron chi connectivity index (χ3n) is 5.37. The maximum Gasteiger partial charge on any atom is 0.274 e. The van der Waals surface area contributed by atoms with Gasteiger partial charge in [0.15, 0.2) is 0 Å². The molecule has 3 N–H and O–H groups in total. The number of nitrogens with two attached hydrogens (primary N) is 1. The van der Waals surface area contributed by atoms with E-state index in [-0.39, 0.29) is 10.8 Å². The Morgan fingerprint density at radius 3 is 2.26 bits per heavy atom. The van der Waals surface area contributed by atoms with Crippen LogP contribution in [-0.4, -0.2) is 36.4 Å². The molecule has 0 saturated carbocycles. The Morgan fingerprint density at radius 1 is 0.971 bits per heavy atom. The molecular formula is C26H25N5O3S. The Balaban J connectivity index is 1.48. The summed E-state index contributed by atoms with van der Waals surface area (Å²) >= 11 is 0. The molecule has 8 nitrogen and oxygen atoms in total. The van der Waals surface area contributed by atoms with Gasteiger partial charge in [-0.3, -0.25) is 14.5 Å². The van der Waals surface area contributed by atoms with Crippen molar-refractivity contribution in [1.29, 1.82) is 0 Å². The first-order chi connectivity index (χ1) is 16.8. The first-order valence-corrected chi connectivity index (χ1v) is 12.5. The lowest BCUT2D eigenvalue weighted by molar-refractivity contribution is -0.110. The zero-order valence-electron chi connectivity index (χ0n) is 19.1. The van der Waals surface area contributed by atoms with Gasteiger partial charge in [0.05, 0.1) is 11.1 Å². The minimum absolute atomic E-state index is 0.0589. The van der Waals surface area contributed by atoms with E-state index in [1.165, 1.54) is 12.1 Å². The van der Waals surface area contributed by atoms with Crippen LogP contribution >= 0.6 is 0 Å². The fourth-order valence-electron chi connectivity index (χ4n) is 3.54. The van der Waals surface area contributed by atoms with E-state index in [0.29, 0.717) is 29.9 Å². The molecule has 35 heavy (non-hydrogen) atoms. The van der Waals surface area contributed by atoms with Crippen molar-refractivity contribution in [2.45, 2.75) is 11.3 Å². The zero-order valence-corrected chi connectivity index (χ0v) is 19.9. The number of nitrogens with zero attached hydrogens (tertiary/aromatic N) is 3. The molecule has 0 fully saturated rings. The van der Waals surface area contributed by atoms with Crippen molar-refractivity contribution in [2.24, 2.45) is 17.2 Å². The molecule has 9 heteroatoms. The SMILES string of the molecule is Cn1cc(-c2ccc(NC(=O)/C(=N/CCc3ccc(S(N)(=O)=O)cc3)c3ccccc3)cc2)cn1. The van der Waals surface area contributed by atoms with Crippen LogP contribution in [0.3, 0.4) is 0 Å². The monoisotopic (exact) mass is 487 g/mol. The lowest BCUT2D eigenvalue weighted by Gasteiger charge is -2.10. The standard InChI is InChI=1S/C26H25N5O3S/c1-31-18-22(17-29-31)20-9-11-23(12-10-20)30-26(32)25(21-5-3-2-4-6-21)28-16-15-19-7-13-24(14-8-19)35(27,33)34/h2-14,17-18H,15-16H2,1H3,(H,30,32)(H2,27,33,34)/b28-25+. The van der Waals surface area contributed by atoms with E-state index < -0.39 is 10.0 Å². The molecule has 1 heterocycles. The zero-order chi connectivity index (χ0) is 24.8. The van der Waals surface area contributed by atoms with Crippen LogP contribution in [0.25, 0.3) is 11.1 Å². The summed E-state index contributed by atoms with van der Waals surface area (Å²) in [6, 6.07) is 23.1. The molecule has 178 valence electrons. The lowest BCUT2D eigenvalue weighted by Crippen LogP contribution is -2.24. The number of nitrogens with one attached hydrogen (secondary N) is 1. The number of sulfonamides is 1. The van der Waals surface area contributed by atoms with Crippen molar-refractivity contribution in [2.75, 3.05) is 11.9 Å². The van der Waals surface area contributed by atoms with Crippen LogP contribution in [-0.2, 0) is 28.3 Å². The molecule has 1 amide bonds. The first kappa shape index (κ1) is 24.1. The molecule has 0 aliphatic heterocycles. The Kier molecular flexibility index (Phi) is 7.19. The van der Waals surface area contributed by atoms with Crippen LogP contribution in [0.4, 0.5) is 5.69 Å². The molecule has 3 aromatic carbocycles. The molecule has 0 radical (unpaired) electrons. The van der Waals surface area contributed by atoms with Gasteiger partial charge in [0.25, 0.3) is 5.91 Å². The first-order valence-electron chi connectivity index (χ1n) is 10.9. The quantitative estimate of drug-likeness (QED) is 0.370. The highest BCUT2D eigenvalue weighted by atomic mass is 32.2. The molecule has 0 atom stereocenters. The second-order valence-corrected chi connectivity index (χ2v) is 9.53. The number of primary sulfonamides is 1. The van der Waals surface area contributed by atoms with Gasteiger partial charge in [0.2, 0.25) is 10.0 Å². The maximum atomic E-state index is 13.1. The molecule has 0 aliphatic carbocycles. The van der Waals surface area contributed by atoms with Gasteiger partial charge in [-0.2, -0.15) is 5.10 Å². The number of rotatable bonds is 8. The summed E-state index contributed by atoms with van der Waals surface area (Å²) in [6.07, 6.45) is 4.25. The van der Waals surface area contributed by atoms with Gasteiger partial charge in [-0.25, -0.2) is 13.6 Å². The van der Waals surface area contributed by atoms with E-state index in [0.717, 1.165) is 16.7 Å². The maximum absolute atomic E-state index is 13.1. The summed E-state index contributed by atoms with van der Waals surface area (Å²) in [6.45, 7) is 0.353. The Morgan fingerprint density at radius 2 is 1.66 bits per heavy atom. The highest BCUT2D eigenvalue weighted by Gasteiger charge is 2.14. The van der Waals surface area contributed by atoms with Crippen molar-refractivity contribution >= 4 is 27.3 Å². The molecular weight excluding hydrogens is 462 g/mol. The van der Waals surface area contributed by atoms with Crippen LogP contribution in [0.2, 0.25) is 0 Å². The number of carbonyl (C=O) groups is 1. The van der Waals surface area contributed by atoms with Gasteiger partial charge in [0, 0.05) is 36.6 Å². The second kappa shape index (κ2) is 10.5. The van der Waals surface area contributed by atoms with Crippen molar-refractivity contribution in [3.8, 4) is 11.1 Å². The molecule has 0 unspecified atom stereocenters. The number of aliphatic imine (C=N–C) groups is 1. The van der Waals surface area contributed by atoms with Crippen molar-refractivity contribution in [3.63, 3.8) is 0 Å². The van der Waals surface area contributed by atoms with E-state index in [4.69, 9.17) is 5.14 Å². The Bertz CT molecular complexity index is 1440. The minimum atomic E-state index is -3.73. The van der Waals surface area contributed by atoms with Crippen LogP contribution < -0.4 is 10.5 Å². The van der Waals surface area contributed by atoms with E-state index in [1.807, 2.05) is 67.8 Å². The van der Waals surface area contributed by atoms with Crippen molar-refractivity contribution in [3.05, 3.63) is 102 Å². The van der Waals surface area contributed by atoms with E-state index >= 15 is 0 Å².